The van der Waals surface area contributed by atoms with Gasteiger partial charge >= 0.3 is 6.18 Å². The van der Waals surface area contributed by atoms with Gasteiger partial charge < -0.3 is 0 Å². The minimum absolute atomic E-state index is 0.130. The molecule has 0 radical (unpaired) electrons. The van der Waals surface area contributed by atoms with E-state index in [9.17, 15) is 13.2 Å². The Morgan fingerprint density at radius 2 is 2.19 bits per heavy atom. The summed E-state index contributed by atoms with van der Waals surface area (Å²) in [6, 6.07) is 0. The molecular weight excluding hydrogens is 327 g/mol. The molecular formula is C12H17ClF3N3OS. The van der Waals surface area contributed by atoms with E-state index in [0.717, 1.165) is 0 Å². The molecule has 2 N–H and O–H groups in total. The molecule has 0 amide bonds. The molecule has 120 valence electrons. The van der Waals surface area contributed by atoms with E-state index in [2.05, 4.69) is 16.6 Å². The first-order valence-corrected chi connectivity index (χ1v) is 8.06. The Labute approximate surface area is 131 Å². The molecule has 0 saturated carbocycles. The Bertz CT molecular complexity index is 393. The van der Waals surface area contributed by atoms with E-state index in [-0.39, 0.29) is 18.5 Å². The van der Waals surface area contributed by atoms with Gasteiger partial charge in [-0.3, -0.25) is 15.5 Å². The number of hydroxylamine groups is 2. The molecule has 0 aromatic carbocycles. The van der Waals surface area contributed by atoms with E-state index in [1.807, 2.05) is 0 Å². The predicted octanol–water partition coefficient (Wildman–Crippen LogP) is 1.58. The van der Waals surface area contributed by atoms with Crippen LogP contribution in [0.4, 0.5) is 13.2 Å². The van der Waals surface area contributed by atoms with E-state index in [4.69, 9.17) is 22.9 Å². The topological polar surface area (TPSA) is 36.5 Å². The summed E-state index contributed by atoms with van der Waals surface area (Å²) in [6.07, 6.45) is 0.398. The van der Waals surface area contributed by atoms with Crippen LogP contribution in [0, 0.1) is 18.3 Å². The van der Waals surface area contributed by atoms with Crippen molar-refractivity contribution in [2.45, 2.75) is 29.6 Å². The molecule has 4 nitrogen and oxygen atoms in total. The van der Waals surface area contributed by atoms with Crippen LogP contribution in [-0.4, -0.2) is 53.7 Å². The minimum Gasteiger partial charge on any atom is -0.298 e. The van der Waals surface area contributed by atoms with Crippen molar-refractivity contribution in [1.82, 2.24) is 15.7 Å². The van der Waals surface area contributed by atoms with Crippen molar-refractivity contribution in [3.63, 3.8) is 0 Å². The van der Waals surface area contributed by atoms with Crippen LogP contribution < -0.4 is 10.6 Å². The molecule has 0 bridgehead atoms. The predicted molar refractivity (Wildman–Crippen MR) is 76.5 cm³/mol. The van der Waals surface area contributed by atoms with Gasteiger partial charge in [0.15, 0.2) is 0 Å². The molecule has 0 spiro atoms. The number of nitrogens with one attached hydrogen (secondary N) is 2. The first kappa shape index (κ1) is 17.2. The first-order chi connectivity index (χ1) is 9.93. The van der Waals surface area contributed by atoms with Gasteiger partial charge in [-0.1, -0.05) is 5.92 Å². The summed E-state index contributed by atoms with van der Waals surface area (Å²) in [7, 11) is 0. The molecule has 0 aromatic rings. The highest BCUT2D eigenvalue weighted by Crippen LogP contribution is 2.35. The molecule has 21 heavy (non-hydrogen) atoms. The van der Waals surface area contributed by atoms with Gasteiger partial charge in [-0.2, -0.15) is 13.2 Å². The fraction of sp³-hybridized carbons (Fsp3) is 0.833. The second-order valence-corrected chi connectivity index (χ2v) is 6.49. The summed E-state index contributed by atoms with van der Waals surface area (Å²) in [6.45, 7) is 0.935. The number of halogens is 4. The van der Waals surface area contributed by atoms with E-state index in [1.165, 1.54) is 11.8 Å². The fourth-order valence-electron chi connectivity index (χ4n) is 2.35. The van der Waals surface area contributed by atoms with Gasteiger partial charge in [0.25, 0.3) is 0 Å². The molecule has 2 fully saturated rings. The molecule has 0 aliphatic carbocycles. The number of rotatable bonds is 3. The van der Waals surface area contributed by atoms with Crippen molar-refractivity contribution in [2.75, 3.05) is 25.4 Å². The van der Waals surface area contributed by atoms with Gasteiger partial charge in [-0.05, 0) is 6.42 Å². The maximum Gasteiger partial charge on any atom is 0.393 e. The van der Waals surface area contributed by atoms with E-state index in [1.54, 1.807) is 5.06 Å². The molecule has 2 aliphatic rings. The van der Waals surface area contributed by atoms with Crippen LogP contribution in [0.1, 0.15) is 6.42 Å². The Morgan fingerprint density at radius 1 is 1.43 bits per heavy atom. The van der Waals surface area contributed by atoms with Crippen LogP contribution in [0.25, 0.3) is 0 Å². The van der Waals surface area contributed by atoms with Crippen molar-refractivity contribution in [1.29, 1.82) is 0 Å². The van der Waals surface area contributed by atoms with Gasteiger partial charge in [0.05, 0.1) is 23.7 Å². The summed E-state index contributed by atoms with van der Waals surface area (Å²) in [4.78, 5) is 5.57. The molecule has 4 unspecified atom stereocenters. The van der Waals surface area contributed by atoms with Crippen LogP contribution in [-0.2, 0) is 4.84 Å². The van der Waals surface area contributed by atoms with Crippen LogP contribution in [0.2, 0.25) is 0 Å². The van der Waals surface area contributed by atoms with Crippen molar-refractivity contribution in [3.05, 3.63) is 0 Å². The lowest BCUT2D eigenvalue weighted by molar-refractivity contribution is -0.238. The Hall–Kier alpha value is -0.170. The molecule has 0 aromatic heterocycles. The maximum atomic E-state index is 12.7. The fourth-order valence-corrected chi connectivity index (χ4v) is 3.59. The van der Waals surface area contributed by atoms with Crippen molar-refractivity contribution in [3.8, 4) is 12.3 Å². The summed E-state index contributed by atoms with van der Waals surface area (Å²) in [5, 5.41) is 6.95. The van der Waals surface area contributed by atoms with Gasteiger partial charge in [-0.15, -0.1) is 34.8 Å². The lowest BCUT2D eigenvalue weighted by Crippen LogP contribution is -2.64. The zero-order chi connectivity index (χ0) is 15.5. The van der Waals surface area contributed by atoms with Gasteiger partial charge in [0.1, 0.15) is 11.7 Å². The van der Waals surface area contributed by atoms with Gasteiger partial charge in [-0.25, -0.2) is 0 Å². The monoisotopic (exact) mass is 343 g/mol. The molecule has 9 heteroatoms. The van der Waals surface area contributed by atoms with Crippen molar-refractivity contribution >= 4 is 23.4 Å². The number of hydrogen-bond donors (Lipinski definition) is 2. The number of piperidine rings is 1. The van der Waals surface area contributed by atoms with E-state index >= 15 is 0 Å². The highest BCUT2D eigenvalue weighted by atomic mass is 35.5. The van der Waals surface area contributed by atoms with Gasteiger partial charge in [0.2, 0.25) is 0 Å². The molecule has 2 aliphatic heterocycles. The van der Waals surface area contributed by atoms with Crippen molar-refractivity contribution in [2.24, 2.45) is 5.92 Å². The summed E-state index contributed by atoms with van der Waals surface area (Å²) >= 11 is 7.59. The number of hydrogen-bond acceptors (Lipinski definition) is 5. The maximum absolute atomic E-state index is 12.7. The zero-order valence-electron chi connectivity index (χ0n) is 11.2. The normalized spacial score (nSPS) is 35.4. The number of thioether (sulfide) groups is 1. The lowest BCUT2D eigenvalue weighted by atomic mass is 9.96. The Balaban J connectivity index is 1.98. The third-order valence-electron chi connectivity index (χ3n) is 3.38. The largest absolute Gasteiger partial charge is 0.393 e. The first-order valence-electron chi connectivity index (χ1n) is 6.57. The quantitative estimate of drug-likeness (QED) is 0.601. The SMILES string of the molecule is C#CCSC1NCCON1C1NCC(C(F)(F)F)CC1Cl. The molecule has 2 heterocycles. The Morgan fingerprint density at radius 3 is 2.81 bits per heavy atom. The third kappa shape index (κ3) is 4.41. The minimum atomic E-state index is -4.23. The number of nitrogens with zero attached hydrogens (tertiary/aromatic N) is 1. The lowest BCUT2D eigenvalue weighted by Gasteiger charge is -2.45. The van der Waals surface area contributed by atoms with Crippen LogP contribution in [0.5, 0.6) is 0 Å². The average Bonchev–Trinajstić information content (AvgIpc) is 2.44. The number of alkyl halides is 4. The van der Waals surface area contributed by atoms with Gasteiger partial charge in [0, 0.05) is 13.1 Å². The van der Waals surface area contributed by atoms with Crippen LogP contribution in [0.15, 0.2) is 0 Å². The molecule has 2 saturated heterocycles. The van der Waals surface area contributed by atoms with Crippen LogP contribution in [0.3, 0.4) is 0 Å². The highest BCUT2D eigenvalue weighted by molar-refractivity contribution is 8.00. The second kappa shape index (κ2) is 7.40. The summed E-state index contributed by atoms with van der Waals surface area (Å²) in [5.74, 6) is 1.56. The summed E-state index contributed by atoms with van der Waals surface area (Å²) in [5.41, 5.74) is -0.226. The smallest absolute Gasteiger partial charge is 0.298 e. The zero-order valence-corrected chi connectivity index (χ0v) is 12.8. The van der Waals surface area contributed by atoms with Crippen molar-refractivity contribution < 1.29 is 18.0 Å². The molecule has 4 atom stereocenters. The van der Waals surface area contributed by atoms with Crippen LogP contribution >= 0.6 is 23.4 Å². The standard InChI is InChI=1S/C12H17ClF3N3OS/c1-2-5-21-11-17-3-4-20-19(11)10-9(13)6-8(7-18-10)12(14,15)16/h1,8-11,17-18H,3-7H2. The average molecular weight is 344 g/mol. The highest BCUT2D eigenvalue weighted by Gasteiger charge is 2.47. The third-order valence-corrected chi connectivity index (χ3v) is 4.82. The Kier molecular flexibility index (Phi) is 6.05. The van der Waals surface area contributed by atoms with E-state index in [0.29, 0.717) is 18.9 Å². The summed E-state index contributed by atoms with van der Waals surface area (Å²) < 4.78 is 38.2. The molecule has 2 rings (SSSR count). The van der Waals surface area contributed by atoms with E-state index < -0.39 is 23.6 Å². The second-order valence-electron chi connectivity index (χ2n) is 4.86. The number of terminal acetylenes is 1.